The summed E-state index contributed by atoms with van der Waals surface area (Å²) >= 11 is 1.55. The van der Waals surface area contributed by atoms with Crippen molar-refractivity contribution in [3.63, 3.8) is 0 Å². The van der Waals surface area contributed by atoms with E-state index in [1.54, 1.807) is 11.8 Å². The van der Waals surface area contributed by atoms with Crippen molar-refractivity contribution in [2.45, 2.75) is 25.9 Å². The smallest absolute Gasteiger partial charge is 0.326 e. The molecule has 0 unspecified atom stereocenters. The highest BCUT2D eigenvalue weighted by molar-refractivity contribution is 7.98. The number of carbonyl (C=O) groups excluding carboxylic acids is 1. The average molecular weight is 296 g/mol. The summed E-state index contributed by atoms with van der Waals surface area (Å²) in [6.45, 7) is 2.37. The first-order valence-corrected chi connectivity index (χ1v) is 7.74. The zero-order chi connectivity index (χ0) is 15.0. The Morgan fingerprint density at radius 1 is 1.30 bits per heavy atom. The van der Waals surface area contributed by atoms with E-state index in [4.69, 9.17) is 5.11 Å². The number of amides is 2. The number of aliphatic carboxylic acids is 1. The highest BCUT2D eigenvalue weighted by Gasteiger charge is 2.18. The first kappa shape index (κ1) is 16.4. The largest absolute Gasteiger partial charge is 0.480 e. The molecule has 3 N–H and O–H groups in total. The predicted octanol–water partition coefficient (Wildman–Crippen LogP) is 2.00. The van der Waals surface area contributed by atoms with Gasteiger partial charge in [0.25, 0.3) is 0 Å². The zero-order valence-electron chi connectivity index (χ0n) is 11.7. The molecule has 2 amide bonds. The van der Waals surface area contributed by atoms with Crippen LogP contribution in [0.5, 0.6) is 0 Å². The van der Waals surface area contributed by atoms with E-state index in [-0.39, 0.29) is 0 Å². The third-order valence-electron chi connectivity index (χ3n) is 2.79. The van der Waals surface area contributed by atoms with Crippen LogP contribution in [-0.2, 0) is 11.3 Å². The fraction of sp³-hybridized carbons (Fsp3) is 0.429. The maximum atomic E-state index is 11.7. The van der Waals surface area contributed by atoms with Gasteiger partial charge in [0.1, 0.15) is 6.04 Å². The van der Waals surface area contributed by atoms with Crippen LogP contribution in [0.3, 0.4) is 0 Å². The Balaban J connectivity index is 2.41. The molecule has 0 aliphatic rings. The molecular weight excluding hydrogens is 276 g/mol. The Hall–Kier alpha value is -1.69. The molecule has 0 spiro atoms. The van der Waals surface area contributed by atoms with E-state index in [1.807, 2.05) is 37.4 Å². The summed E-state index contributed by atoms with van der Waals surface area (Å²) in [4.78, 5) is 22.7. The molecule has 5 nitrogen and oxygen atoms in total. The van der Waals surface area contributed by atoms with E-state index < -0.39 is 18.0 Å². The van der Waals surface area contributed by atoms with Crippen LogP contribution in [-0.4, -0.2) is 35.2 Å². The van der Waals surface area contributed by atoms with Crippen molar-refractivity contribution >= 4 is 23.8 Å². The van der Waals surface area contributed by atoms with Gasteiger partial charge in [-0.3, -0.25) is 0 Å². The van der Waals surface area contributed by atoms with Crippen LogP contribution in [0.2, 0.25) is 0 Å². The van der Waals surface area contributed by atoms with Crippen molar-refractivity contribution in [2.75, 3.05) is 12.0 Å². The monoisotopic (exact) mass is 296 g/mol. The van der Waals surface area contributed by atoms with E-state index in [0.717, 1.165) is 11.1 Å². The SMILES string of the molecule is CSCC[C@@H](NC(=O)NCc1ccc(C)cc1)C(=O)O. The number of urea groups is 1. The lowest BCUT2D eigenvalue weighted by atomic mass is 10.1. The topological polar surface area (TPSA) is 78.4 Å². The van der Waals surface area contributed by atoms with Crippen LogP contribution >= 0.6 is 11.8 Å². The Morgan fingerprint density at radius 2 is 1.95 bits per heavy atom. The molecule has 0 heterocycles. The highest BCUT2D eigenvalue weighted by atomic mass is 32.2. The van der Waals surface area contributed by atoms with Gasteiger partial charge in [0.05, 0.1) is 0 Å². The van der Waals surface area contributed by atoms with Gasteiger partial charge in [-0.05, 0) is 30.9 Å². The molecule has 0 bridgehead atoms. The number of carboxylic acids is 1. The van der Waals surface area contributed by atoms with Gasteiger partial charge in [0.15, 0.2) is 0 Å². The number of rotatable bonds is 7. The second-order valence-electron chi connectivity index (χ2n) is 4.48. The van der Waals surface area contributed by atoms with Gasteiger partial charge >= 0.3 is 12.0 Å². The van der Waals surface area contributed by atoms with E-state index in [0.29, 0.717) is 18.7 Å². The van der Waals surface area contributed by atoms with E-state index in [9.17, 15) is 9.59 Å². The molecule has 0 fully saturated rings. The standard InChI is InChI=1S/C14H20N2O3S/c1-10-3-5-11(6-4-10)9-15-14(19)16-12(13(17)18)7-8-20-2/h3-6,12H,7-9H2,1-2H3,(H,17,18)(H2,15,16,19)/t12-/m1/s1. The Morgan fingerprint density at radius 3 is 2.50 bits per heavy atom. The Bertz CT molecular complexity index is 448. The fourth-order valence-corrected chi connectivity index (χ4v) is 2.06. The molecule has 0 aliphatic carbocycles. The van der Waals surface area contributed by atoms with Crippen LogP contribution in [0, 0.1) is 6.92 Å². The van der Waals surface area contributed by atoms with Crippen LogP contribution < -0.4 is 10.6 Å². The second kappa shape index (κ2) is 8.47. The number of carboxylic acid groups (broad SMARTS) is 1. The quantitative estimate of drug-likeness (QED) is 0.719. The average Bonchev–Trinajstić information content (AvgIpc) is 2.42. The normalized spacial score (nSPS) is 11.7. The number of thioether (sulfide) groups is 1. The minimum Gasteiger partial charge on any atom is -0.480 e. The van der Waals surface area contributed by atoms with E-state index >= 15 is 0 Å². The second-order valence-corrected chi connectivity index (χ2v) is 5.47. The summed E-state index contributed by atoms with van der Waals surface area (Å²) in [5.74, 6) is -0.320. The first-order valence-electron chi connectivity index (χ1n) is 6.34. The third kappa shape index (κ3) is 5.97. The van der Waals surface area contributed by atoms with Crippen LogP contribution in [0.25, 0.3) is 0 Å². The number of carbonyl (C=O) groups is 2. The van der Waals surface area contributed by atoms with Crippen molar-refractivity contribution in [1.82, 2.24) is 10.6 Å². The van der Waals surface area contributed by atoms with Gasteiger partial charge in [-0.1, -0.05) is 29.8 Å². The summed E-state index contributed by atoms with van der Waals surface area (Å²) < 4.78 is 0. The molecule has 1 aromatic rings. The fourth-order valence-electron chi connectivity index (χ4n) is 1.59. The van der Waals surface area contributed by atoms with E-state index in [2.05, 4.69) is 10.6 Å². The van der Waals surface area contributed by atoms with Crippen LogP contribution in [0.15, 0.2) is 24.3 Å². The zero-order valence-corrected chi connectivity index (χ0v) is 12.5. The van der Waals surface area contributed by atoms with Gasteiger partial charge in [-0.15, -0.1) is 0 Å². The highest BCUT2D eigenvalue weighted by Crippen LogP contribution is 2.03. The summed E-state index contributed by atoms with van der Waals surface area (Å²) in [5.41, 5.74) is 2.13. The number of hydrogen-bond acceptors (Lipinski definition) is 3. The summed E-state index contributed by atoms with van der Waals surface area (Å²) in [6.07, 6.45) is 2.31. The van der Waals surface area contributed by atoms with Crippen molar-refractivity contribution in [1.29, 1.82) is 0 Å². The number of nitrogens with one attached hydrogen (secondary N) is 2. The summed E-state index contributed by atoms with van der Waals surface area (Å²) in [7, 11) is 0. The molecule has 1 rings (SSSR count). The molecule has 110 valence electrons. The summed E-state index contributed by atoms with van der Waals surface area (Å²) in [5, 5.41) is 14.1. The minimum atomic E-state index is -1.01. The maximum absolute atomic E-state index is 11.7. The lowest BCUT2D eigenvalue weighted by molar-refractivity contribution is -0.139. The van der Waals surface area contributed by atoms with Gasteiger partial charge in [-0.2, -0.15) is 11.8 Å². The molecule has 1 atom stereocenters. The number of hydrogen-bond donors (Lipinski definition) is 3. The molecule has 0 saturated heterocycles. The van der Waals surface area contributed by atoms with E-state index in [1.165, 1.54) is 0 Å². The Kier molecular flexibility index (Phi) is 6.93. The molecule has 1 aromatic carbocycles. The van der Waals surface area contributed by atoms with Crippen molar-refractivity contribution in [3.05, 3.63) is 35.4 Å². The first-order chi connectivity index (χ1) is 9.52. The van der Waals surface area contributed by atoms with Gasteiger partial charge in [-0.25, -0.2) is 9.59 Å². The van der Waals surface area contributed by atoms with Crippen LogP contribution in [0.1, 0.15) is 17.5 Å². The lowest BCUT2D eigenvalue weighted by Gasteiger charge is -2.14. The molecule has 20 heavy (non-hydrogen) atoms. The number of aryl methyl sites for hydroxylation is 1. The molecule has 0 aliphatic heterocycles. The van der Waals surface area contributed by atoms with Crippen molar-refractivity contribution in [3.8, 4) is 0 Å². The van der Waals surface area contributed by atoms with Crippen molar-refractivity contribution < 1.29 is 14.7 Å². The molecular formula is C14H20N2O3S. The molecule has 6 heteroatoms. The van der Waals surface area contributed by atoms with Gasteiger partial charge < -0.3 is 15.7 Å². The number of benzene rings is 1. The minimum absolute atomic E-state index is 0.376. The third-order valence-corrected chi connectivity index (χ3v) is 3.43. The van der Waals surface area contributed by atoms with Crippen molar-refractivity contribution in [2.24, 2.45) is 0 Å². The van der Waals surface area contributed by atoms with Crippen LogP contribution in [0.4, 0.5) is 4.79 Å². The van der Waals surface area contributed by atoms with Gasteiger partial charge in [0, 0.05) is 6.54 Å². The molecule has 0 aromatic heterocycles. The van der Waals surface area contributed by atoms with Gasteiger partial charge in [0.2, 0.25) is 0 Å². The molecule has 0 saturated carbocycles. The predicted molar refractivity (Wildman–Crippen MR) is 81.0 cm³/mol. The summed E-state index contributed by atoms with van der Waals surface area (Å²) in [6, 6.07) is 6.48. The lowest BCUT2D eigenvalue weighted by Crippen LogP contribution is -2.46. The maximum Gasteiger partial charge on any atom is 0.326 e. The molecule has 0 radical (unpaired) electrons. The Labute approximate surface area is 123 Å².